The Labute approximate surface area is 219 Å². The Morgan fingerprint density at radius 2 is 1.86 bits per heavy atom. The topological polar surface area (TPSA) is 78.4 Å². The number of rotatable bonds is 8. The molecule has 0 radical (unpaired) electrons. The zero-order valence-corrected chi connectivity index (χ0v) is 21.5. The van der Waals surface area contributed by atoms with E-state index in [2.05, 4.69) is 27.4 Å². The zero-order valence-electron chi connectivity index (χ0n) is 19.9. The third-order valence-electron chi connectivity index (χ3n) is 5.55. The van der Waals surface area contributed by atoms with Crippen LogP contribution in [-0.4, -0.2) is 28.0 Å². The molecule has 36 heavy (non-hydrogen) atoms. The lowest BCUT2D eigenvalue weighted by Gasteiger charge is -2.21. The highest BCUT2D eigenvalue weighted by atomic mass is 35.5. The smallest absolute Gasteiger partial charge is 0.247 e. The van der Waals surface area contributed by atoms with Crippen LogP contribution in [-0.2, 0) is 6.61 Å². The summed E-state index contributed by atoms with van der Waals surface area (Å²) in [5.41, 5.74) is 4.09. The van der Waals surface area contributed by atoms with Gasteiger partial charge in [0.1, 0.15) is 6.61 Å². The predicted octanol–water partition coefficient (Wildman–Crippen LogP) is 6.78. The molecule has 1 aliphatic rings. The first-order valence-electron chi connectivity index (χ1n) is 11.6. The Morgan fingerprint density at radius 3 is 2.67 bits per heavy atom. The molecule has 4 aromatic rings. The van der Waals surface area contributed by atoms with Crippen molar-refractivity contribution in [1.29, 1.82) is 0 Å². The van der Waals surface area contributed by atoms with Crippen molar-refractivity contribution in [1.82, 2.24) is 15.2 Å². The Kier molecular flexibility index (Phi) is 7.44. The highest BCUT2D eigenvalue weighted by Crippen LogP contribution is 2.43. The van der Waals surface area contributed by atoms with Crippen LogP contribution in [0.25, 0.3) is 11.3 Å². The van der Waals surface area contributed by atoms with Crippen molar-refractivity contribution in [3.63, 3.8) is 0 Å². The lowest BCUT2D eigenvalue weighted by molar-refractivity contribution is 0.224. The fourth-order valence-electron chi connectivity index (χ4n) is 3.81. The first-order chi connectivity index (χ1) is 17.7. The molecule has 2 heterocycles. The summed E-state index contributed by atoms with van der Waals surface area (Å²) in [6.07, 6.45) is 0.415. The summed E-state index contributed by atoms with van der Waals surface area (Å²) in [4.78, 5) is 4.67. The predicted molar refractivity (Wildman–Crippen MR) is 142 cm³/mol. The summed E-state index contributed by atoms with van der Waals surface area (Å²) in [5, 5.41) is 13.2. The number of hydrogen-bond donors (Lipinski definition) is 1. The average Bonchev–Trinajstić information content (AvgIpc) is 3.08. The minimum atomic E-state index is -0.595. The largest absolute Gasteiger partial charge is 0.493 e. The van der Waals surface area contributed by atoms with Gasteiger partial charge in [0.25, 0.3) is 0 Å². The van der Waals surface area contributed by atoms with Crippen molar-refractivity contribution in [2.24, 2.45) is 0 Å². The lowest BCUT2D eigenvalue weighted by Crippen LogP contribution is -2.17. The monoisotopic (exact) mass is 520 g/mol. The highest BCUT2D eigenvalue weighted by molar-refractivity contribution is 7.99. The Bertz CT molecular complexity index is 1360. The van der Waals surface area contributed by atoms with Crippen molar-refractivity contribution >= 4 is 29.1 Å². The van der Waals surface area contributed by atoms with Crippen LogP contribution in [0.2, 0.25) is 5.02 Å². The number of anilines is 1. The first kappa shape index (κ1) is 24.2. The zero-order chi connectivity index (χ0) is 24.9. The number of hydrogen-bond acceptors (Lipinski definition) is 8. The number of methoxy groups -OCH3 is 1. The van der Waals surface area contributed by atoms with E-state index in [0.29, 0.717) is 39.9 Å². The summed E-state index contributed by atoms with van der Waals surface area (Å²) >= 11 is 8.24. The van der Waals surface area contributed by atoms with Gasteiger partial charge in [-0.2, -0.15) is 4.98 Å². The summed E-state index contributed by atoms with van der Waals surface area (Å²) in [6, 6.07) is 21.4. The Balaban J connectivity index is 1.49. The second kappa shape index (κ2) is 11.1. The van der Waals surface area contributed by atoms with Gasteiger partial charge in [0.05, 0.1) is 12.1 Å². The normalized spacial score (nSPS) is 14.0. The van der Waals surface area contributed by atoms with Gasteiger partial charge in [0.2, 0.25) is 11.0 Å². The number of thioether (sulfide) groups is 1. The fraction of sp³-hybridized carbons (Fsp3) is 0.222. The van der Waals surface area contributed by atoms with E-state index in [1.807, 2.05) is 66.7 Å². The molecular weight excluding hydrogens is 496 g/mol. The number of ether oxygens (including phenoxy) is 3. The maximum atomic E-state index is 6.69. The van der Waals surface area contributed by atoms with Gasteiger partial charge in [0, 0.05) is 22.6 Å². The maximum Gasteiger partial charge on any atom is 0.247 e. The van der Waals surface area contributed by atoms with Crippen LogP contribution in [0.5, 0.6) is 17.4 Å². The van der Waals surface area contributed by atoms with Crippen molar-refractivity contribution in [3.8, 4) is 28.6 Å². The minimum Gasteiger partial charge on any atom is -0.493 e. The molecule has 7 nitrogen and oxygen atoms in total. The second-order valence-electron chi connectivity index (χ2n) is 8.09. The number of halogens is 1. The van der Waals surface area contributed by atoms with Crippen LogP contribution in [0.3, 0.4) is 0 Å². The van der Waals surface area contributed by atoms with Crippen molar-refractivity contribution in [3.05, 3.63) is 82.9 Å². The molecule has 0 spiro atoms. The number of nitrogens with one attached hydrogen (secondary N) is 1. The fourth-order valence-corrected chi connectivity index (χ4v) is 4.72. The lowest BCUT2D eigenvalue weighted by atomic mass is 10.1. The number of para-hydroxylation sites is 1. The van der Waals surface area contributed by atoms with Gasteiger partial charge in [-0.1, -0.05) is 78.8 Å². The van der Waals surface area contributed by atoms with Crippen LogP contribution < -0.4 is 19.5 Å². The van der Waals surface area contributed by atoms with Gasteiger partial charge >= 0.3 is 0 Å². The molecular formula is C27H25ClN4O3S. The molecule has 0 fully saturated rings. The molecule has 0 aliphatic carbocycles. The van der Waals surface area contributed by atoms with E-state index in [1.54, 1.807) is 18.9 Å². The Morgan fingerprint density at radius 1 is 1.06 bits per heavy atom. The van der Waals surface area contributed by atoms with E-state index < -0.39 is 6.23 Å². The van der Waals surface area contributed by atoms with Gasteiger partial charge in [-0.3, -0.25) is 0 Å². The molecule has 9 heteroatoms. The van der Waals surface area contributed by atoms with Gasteiger partial charge < -0.3 is 19.5 Å². The molecule has 1 aromatic heterocycles. The van der Waals surface area contributed by atoms with Gasteiger partial charge in [-0.25, -0.2) is 0 Å². The quantitative estimate of drug-likeness (QED) is 0.254. The van der Waals surface area contributed by atoms with Gasteiger partial charge in [0.15, 0.2) is 23.4 Å². The molecule has 5 rings (SSSR count). The van der Waals surface area contributed by atoms with E-state index in [1.165, 1.54) is 0 Å². The summed E-state index contributed by atoms with van der Waals surface area (Å²) in [7, 11) is 1.59. The second-order valence-corrected chi connectivity index (χ2v) is 9.56. The van der Waals surface area contributed by atoms with Gasteiger partial charge in [-0.15, -0.1) is 10.2 Å². The van der Waals surface area contributed by atoms with E-state index in [-0.39, 0.29) is 0 Å². The summed E-state index contributed by atoms with van der Waals surface area (Å²) < 4.78 is 18.0. The summed E-state index contributed by atoms with van der Waals surface area (Å²) in [5.74, 6) is 2.29. The van der Waals surface area contributed by atoms with Crippen molar-refractivity contribution < 1.29 is 14.2 Å². The van der Waals surface area contributed by atoms with Crippen LogP contribution >= 0.6 is 23.4 Å². The molecule has 0 unspecified atom stereocenters. The van der Waals surface area contributed by atoms with Crippen LogP contribution in [0, 0.1) is 0 Å². The van der Waals surface area contributed by atoms with Crippen LogP contribution in [0.1, 0.15) is 30.7 Å². The number of nitrogens with zero attached hydrogens (tertiary/aromatic N) is 3. The minimum absolute atomic E-state index is 0.371. The van der Waals surface area contributed by atoms with Gasteiger partial charge in [-0.05, 0) is 30.2 Å². The molecule has 0 bridgehead atoms. The SMILES string of the molecule is CCCSc1nnc2c(n1)O[C@H](c1cc(Cl)c(OCc3ccccc3)c(OC)c1)Nc1ccccc1-2. The molecule has 0 saturated heterocycles. The molecule has 1 aliphatic heterocycles. The standard InChI is InChI=1S/C27H25ClN4O3S/c1-3-13-36-27-30-26-23(31-32-27)19-11-7-8-12-21(19)29-25(35-26)18-14-20(28)24(22(15-18)33-2)34-16-17-9-5-4-6-10-17/h4-12,14-15,25,29H,3,13,16H2,1-2H3/t25-/m1/s1. The van der Waals surface area contributed by atoms with Crippen molar-refractivity contribution in [2.45, 2.75) is 31.3 Å². The Hall–Kier alpha value is -3.49. The first-order valence-corrected chi connectivity index (χ1v) is 13.0. The maximum absolute atomic E-state index is 6.69. The molecule has 0 saturated carbocycles. The third kappa shape index (κ3) is 5.20. The molecule has 184 valence electrons. The molecule has 3 aromatic carbocycles. The average molecular weight is 521 g/mol. The molecule has 0 amide bonds. The summed E-state index contributed by atoms with van der Waals surface area (Å²) in [6.45, 7) is 2.48. The van der Waals surface area contributed by atoms with E-state index >= 15 is 0 Å². The van der Waals surface area contributed by atoms with E-state index in [0.717, 1.165) is 34.6 Å². The number of fused-ring (bicyclic) bond motifs is 3. The number of aromatic nitrogens is 3. The van der Waals surface area contributed by atoms with Crippen LogP contribution in [0.15, 0.2) is 71.9 Å². The molecule has 1 atom stereocenters. The van der Waals surface area contributed by atoms with Crippen molar-refractivity contribution in [2.75, 3.05) is 18.2 Å². The van der Waals surface area contributed by atoms with E-state index in [4.69, 9.17) is 25.8 Å². The molecule has 1 N–H and O–H groups in total. The third-order valence-corrected chi connectivity index (χ3v) is 6.87. The number of benzene rings is 3. The highest BCUT2D eigenvalue weighted by Gasteiger charge is 2.27. The van der Waals surface area contributed by atoms with E-state index in [9.17, 15) is 0 Å². The van der Waals surface area contributed by atoms with Crippen LogP contribution in [0.4, 0.5) is 5.69 Å².